The van der Waals surface area contributed by atoms with Gasteiger partial charge in [0.1, 0.15) is 0 Å². The van der Waals surface area contributed by atoms with E-state index in [0.29, 0.717) is 6.61 Å². The predicted octanol–water partition coefficient (Wildman–Crippen LogP) is -0.609. The number of carbonyl (C=O) groups excluding carboxylic acids is 2. The Balaban J connectivity index is 0.000000288. The Morgan fingerprint density at radius 2 is 1.81 bits per heavy atom. The highest BCUT2D eigenvalue weighted by atomic mass is 16.6. The standard InChI is InChI=1S/C6H14O3.C4H2O3/c1-5(8)4-9-6(2)3-7;5-3-1-2-4(6)7-3/h5-8H,3-4H2,1-2H3;1-2H. The highest BCUT2D eigenvalue weighted by Crippen LogP contribution is 1.92. The summed E-state index contributed by atoms with van der Waals surface area (Å²) < 4.78 is 8.92. The zero-order valence-electron chi connectivity index (χ0n) is 9.25. The van der Waals surface area contributed by atoms with Crippen LogP contribution in [0.5, 0.6) is 0 Å². The Hall–Kier alpha value is -1.24. The van der Waals surface area contributed by atoms with Crippen molar-refractivity contribution in [2.75, 3.05) is 13.2 Å². The van der Waals surface area contributed by atoms with Crippen LogP contribution in [-0.2, 0) is 19.1 Å². The van der Waals surface area contributed by atoms with Gasteiger partial charge in [-0.2, -0.15) is 0 Å². The number of aliphatic hydroxyl groups excluding tert-OH is 2. The predicted molar refractivity (Wildman–Crippen MR) is 54.4 cm³/mol. The van der Waals surface area contributed by atoms with Crippen molar-refractivity contribution in [1.29, 1.82) is 0 Å². The number of aliphatic hydroxyl groups is 2. The van der Waals surface area contributed by atoms with Crippen molar-refractivity contribution in [3.05, 3.63) is 12.2 Å². The third-order valence-electron chi connectivity index (χ3n) is 1.44. The van der Waals surface area contributed by atoms with Gasteiger partial charge in [-0.25, -0.2) is 9.59 Å². The quantitative estimate of drug-likeness (QED) is 0.496. The molecule has 1 aliphatic heterocycles. The van der Waals surface area contributed by atoms with Gasteiger partial charge in [-0.1, -0.05) is 0 Å². The number of rotatable bonds is 4. The second kappa shape index (κ2) is 7.98. The molecule has 0 aliphatic carbocycles. The van der Waals surface area contributed by atoms with E-state index in [1.165, 1.54) is 0 Å². The van der Waals surface area contributed by atoms with E-state index < -0.39 is 18.0 Å². The SMILES string of the molecule is CC(O)COC(C)CO.O=C1C=CC(=O)O1. The van der Waals surface area contributed by atoms with Crippen LogP contribution in [0.2, 0.25) is 0 Å². The van der Waals surface area contributed by atoms with E-state index in [1.54, 1.807) is 13.8 Å². The van der Waals surface area contributed by atoms with Crippen molar-refractivity contribution >= 4 is 11.9 Å². The van der Waals surface area contributed by atoms with Crippen LogP contribution in [-0.4, -0.2) is 47.6 Å². The number of esters is 2. The van der Waals surface area contributed by atoms with Gasteiger partial charge >= 0.3 is 11.9 Å². The third-order valence-corrected chi connectivity index (χ3v) is 1.44. The molecule has 16 heavy (non-hydrogen) atoms. The molecule has 0 radical (unpaired) electrons. The summed E-state index contributed by atoms with van der Waals surface area (Å²) in [6, 6.07) is 0. The first-order chi connectivity index (χ1) is 7.45. The van der Waals surface area contributed by atoms with Crippen molar-refractivity contribution in [1.82, 2.24) is 0 Å². The van der Waals surface area contributed by atoms with Crippen LogP contribution in [0.4, 0.5) is 0 Å². The molecule has 92 valence electrons. The van der Waals surface area contributed by atoms with E-state index in [4.69, 9.17) is 14.9 Å². The Morgan fingerprint density at radius 3 is 2.06 bits per heavy atom. The molecule has 0 fully saturated rings. The Kier molecular flexibility index (Phi) is 7.36. The molecule has 0 aromatic carbocycles. The van der Waals surface area contributed by atoms with E-state index in [0.717, 1.165) is 12.2 Å². The molecule has 1 aliphatic rings. The van der Waals surface area contributed by atoms with Gasteiger partial charge in [-0.15, -0.1) is 0 Å². The van der Waals surface area contributed by atoms with Crippen molar-refractivity contribution in [3.8, 4) is 0 Å². The fourth-order valence-corrected chi connectivity index (χ4v) is 0.659. The van der Waals surface area contributed by atoms with Crippen LogP contribution >= 0.6 is 0 Å². The summed E-state index contributed by atoms with van der Waals surface area (Å²) in [5.74, 6) is -1.16. The summed E-state index contributed by atoms with van der Waals surface area (Å²) >= 11 is 0. The Bertz CT molecular complexity index is 242. The third kappa shape index (κ3) is 8.10. The minimum absolute atomic E-state index is 0.00667. The van der Waals surface area contributed by atoms with Crippen molar-refractivity contribution < 1.29 is 29.3 Å². The second-order valence-electron chi connectivity index (χ2n) is 3.25. The smallest absolute Gasteiger partial charge is 0.338 e. The molecule has 0 bridgehead atoms. The largest absolute Gasteiger partial charge is 0.394 e. The minimum atomic E-state index is -0.579. The lowest BCUT2D eigenvalue weighted by molar-refractivity contribution is -0.150. The minimum Gasteiger partial charge on any atom is -0.394 e. The van der Waals surface area contributed by atoms with E-state index in [9.17, 15) is 9.59 Å². The number of ether oxygens (including phenoxy) is 2. The summed E-state index contributed by atoms with van der Waals surface area (Å²) in [6.45, 7) is 3.70. The van der Waals surface area contributed by atoms with Gasteiger partial charge in [0.25, 0.3) is 0 Å². The van der Waals surface area contributed by atoms with Gasteiger partial charge in [0.05, 0.1) is 25.4 Å². The van der Waals surface area contributed by atoms with Gasteiger partial charge in [-0.05, 0) is 13.8 Å². The summed E-state index contributed by atoms with van der Waals surface area (Å²) in [4.78, 5) is 19.8. The van der Waals surface area contributed by atoms with Gasteiger partial charge in [0.15, 0.2) is 0 Å². The van der Waals surface area contributed by atoms with E-state index >= 15 is 0 Å². The van der Waals surface area contributed by atoms with Crippen LogP contribution in [0.3, 0.4) is 0 Å². The van der Waals surface area contributed by atoms with Gasteiger partial charge in [0.2, 0.25) is 0 Å². The first-order valence-corrected chi connectivity index (χ1v) is 4.80. The van der Waals surface area contributed by atoms with Crippen LogP contribution in [0.1, 0.15) is 13.8 Å². The molecule has 2 N–H and O–H groups in total. The molecule has 2 unspecified atom stereocenters. The molecule has 2 atom stereocenters. The first kappa shape index (κ1) is 14.8. The number of cyclic esters (lactones) is 2. The van der Waals surface area contributed by atoms with Crippen LogP contribution in [0, 0.1) is 0 Å². The number of hydrogen-bond acceptors (Lipinski definition) is 6. The van der Waals surface area contributed by atoms with Gasteiger partial charge in [-0.3, -0.25) is 0 Å². The molecular weight excluding hydrogens is 216 g/mol. The summed E-state index contributed by atoms with van der Waals surface area (Å²) in [5, 5.41) is 17.1. The molecule has 1 heterocycles. The highest BCUT2D eigenvalue weighted by Gasteiger charge is 2.10. The fraction of sp³-hybridized carbons (Fsp3) is 0.600. The van der Waals surface area contributed by atoms with E-state index in [1.807, 2.05) is 0 Å². The highest BCUT2D eigenvalue weighted by molar-refractivity contribution is 6.04. The molecular formula is C10H16O6. The van der Waals surface area contributed by atoms with E-state index in [-0.39, 0.29) is 12.7 Å². The van der Waals surface area contributed by atoms with E-state index in [2.05, 4.69) is 4.74 Å². The maximum Gasteiger partial charge on any atom is 0.338 e. The average molecular weight is 232 g/mol. The normalized spacial score (nSPS) is 17.5. The lowest BCUT2D eigenvalue weighted by Crippen LogP contribution is -2.19. The monoisotopic (exact) mass is 232 g/mol. The lowest BCUT2D eigenvalue weighted by Gasteiger charge is -2.10. The van der Waals surface area contributed by atoms with Crippen LogP contribution in [0.15, 0.2) is 12.2 Å². The Morgan fingerprint density at radius 1 is 1.31 bits per heavy atom. The molecule has 6 heteroatoms. The summed E-state index contributed by atoms with van der Waals surface area (Å²) in [6.07, 6.45) is 1.56. The molecule has 0 spiro atoms. The molecule has 0 saturated heterocycles. The molecule has 1 rings (SSSR count). The maximum atomic E-state index is 9.92. The molecule has 6 nitrogen and oxygen atoms in total. The van der Waals surface area contributed by atoms with Crippen molar-refractivity contribution in [2.45, 2.75) is 26.1 Å². The van der Waals surface area contributed by atoms with Crippen LogP contribution in [0.25, 0.3) is 0 Å². The van der Waals surface area contributed by atoms with Crippen molar-refractivity contribution in [3.63, 3.8) is 0 Å². The number of carbonyl (C=O) groups is 2. The average Bonchev–Trinajstić information content (AvgIpc) is 2.59. The molecule has 0 aromatic heterocycles. The maximum absolute atomic E-state index is 9.92. The second-order valence-corrected chi connectivity index (χ2v) is 3.25. The fourth-order valence-electron chi connectivity index (χ4n) is 0.659. The number of hydrogen-bond donors (Lipinski definition) is 2. The topological polar surface area (TPSA) is 93.1 Å². The summed E-state index contributed by atoms with van der Waals surface area (Å²) in [5.41, 5.74) is 0. The summed E-state index contributed by atoms with van der Waals surface area (Å²) in [7, 11) is 0. The Labute approximate surface area is 93.5 Å². The first-order valence-electron chi connectivity index (χ1n) is 4.80. The molecule has 0 aromatic rings. The zero-order valence-corrected chi connectivity index (χ0v) is 9.25. The zero-order chi connectivity index (χ0) is 12.6. The van der Waals surface area contributed by atoms with Crippen LogP contribution < -0.4 is 0 Å². The van der Waals surface area contributed by atoms with Gasteiger partial charge < -0.3 is 19.7 Å². The molecule has 0 saturated carbocycles. The molecule has 0 amide bonds. The lowest BCUT2D eigenvalue weighted by atomic mass is 10.4. The van der Waals surface area contributed by atoms with Gasteiger partial charge in [0, 0.05) is 12.2 Å². The van der Waals surface area contributed by atoms with Crippen molar-refractivity contribution in [2.24, 2.45) is 0 Å².